The third-order valence-corrected chi connectivity index (χ3v) is 2.04. The van der Waals surface area contributed by atoms with Crippen molar-refractivity contribution < 1.29 is 10.2 Å². The molecule has 0 unspecified atom stereocenters. The van der Waals surface area contributed by atoms with Gasteiger partial charge in [0.15, 0.2) is 0 Å². The molecule has 0 atom stereocenters. The number of aromatic hydroxyl groups is 1. The number of phenolic OH excluding ortho intramolecular Hbond substituents is 1. The fraction of sp³-hybridized carbons (Fsp3) is 0.455. The first kappa shape index (κ1) is 10.9. The van der Waals surface area contributed by atoms with Gasteiger partial charge in [0.25, 0.3) is 0 Å². The second-order valence-corrected chi connectivity index (χ2v) is 3.24. The molecule has 14 heavy (non-hydrogen) atoms. The fourth-order valence-electron chi connectivity index (χ4n) is 1.37. The van der Waals surface area contributed by atoms with Gasteiger partial charge in [0.2, 0.25) is 0 Å². The Morgan fingerprint density at radius 2 is 2.14 bits per heavy atom. The molecule has 3 N–H and O–H groups in total. The number of phenols is 1. The zero-order valence-corrected chi connectivity index (χ0v) is 8.45. The van der Waals surface area contributed by atoms with Crippen molar-refractivity contribution in [2.24, 2.45) is 0 Å². The van der Waals surface area contributed by atoms with Crippen LogP contribution in [0.3, 0.4) is 0 Å². The van der Waals surface area contributed by atoms with Crippen LogP contribution in [0.4, 0.5) is 5.69 Å². The van der Waals surface area contributed by atoms with Crippen LogP contribution in [0, 0.1) is 0 Å². The Hall–Kier alpha value is -1.22. The Morgan fingerprint density at radius 1 is 1.36 bits per heavy atom. The molecule has 0 amide bonds. The topological polar surface area (TPSA) is 52.5 Å². The van der Waals surface area contributed by atoms with Gasteiger partial charge in [0.1, 0.15) is 5.75 Å². The number of aliphatic hydroxyl groups is 1. The van der Waals surface area contributed by atoms with Crippen molar-refractivity contribution in [1.82, 2.24) is 0 Å². The molecule has 0 aliphatic rings. The van der Waals surface area contributed by atoms with Crippen LogP contribution >= 0.6 is 0 Å². The van der Waals surface area contributed by atoms with E-state index >= 15 is 0 Å². The lowest BCUT2D eigenvalue weighted by molar-refractivity contribution is 0.311. The second kappa shape index (κ2) is 5.50. The minimum Gasteiger partial charge on any atom is -0.508 e. The lowest BCUT2D eigenvalue weighted by atomic mass is 10.1. The van der Waals surface area contributed by atoms with E-state index in [0.717, 1.165) is 24.1 Å². The second-order valence-electron chi connectivity index (χ2n) is 3.24. The molecule has 3 heteroatoms. The lowest BCUT2D eigenvalue weighted by Gasteiger charge is -2.08. The monoisotopic (exact) mass is 195 g/mol. The number of aryl methyl sites for hydroxylation is 1. The SMILES string of the molecule is CCCc1cc(NCCO)ccc1O. The molecule has 78 valence electrons. The van der Waals surface area contributed by atoms with Crippen LogP contribution in [0.1, 0.15) is 18.9 Å². The molecule has 0 aliphatic heterocycles. The fourth-order valence-corrected chi connectivity index (χ4v) is 1.37. The number of aliphatic hydroxyl groups excluding tert-OH is 1. The molecule has 0 saturated heterocycles. The van der Waals surface area contributed by atoms with E-state index in [1.165, 1.54) is 0 Å². The summed E-state index contributed by atoms with van der Waals surface area (Å²) in [7, 11) is 0. The minimum atomic E-state index is 0.115. The highest BCUT2D eigenvalue weighted by atomic mass is 16.3. The zero-order chi connectivity index (χ0) is 10.4. The van der Waals surface area contributed by atoms with Crippen molar-refractivity contribution in [3.8, 4) is 5.75 Å². The van der Waals surface area contributed by atoms with Gasteiger partial charge in [-0.15, -0.1) is 0 Å². The lowest BCUT2D eigenvalue weighted by Crippen LogP contribution is -2.05. The summed E-state index contributed by atoms with van der Waals surface area (Å²) in [4.78, 5) is 0. The third-order valence-electron chi connectivity index (χ3n) is 2.04. The van der Waals surface area contributed by atoms with Gasteiger partial charge in [0.05, 0.1) is 6.61 Å². The van der Waals surface area contributed by atoms with E-state index in [1.54, 1.807) is 6.07 Å². The molecule has 0 aliphatic carbocycles. The Balaban J connectivity index is 2.72. The largest absolute Gasteiger partial charge is 0.508 e. The molecule has 0 saturated carbocycles. The minimum absolute atomic E-state index is 0.115. The van der Waals surface area contributed by atoms with Crippen molar-refractivity contribution in [1.29, 1.82) is 0 Å². The van der Waals surface area contributed by atoms with Gasteiger partial charge < -0.3 is 15.5 Å². The maximum absolute atomic E-state index is 9.51. The number of hydrogen-bond acceptors (Lipinski definition) is 3. The predicted octanol–water partition coefficient (Wildman–Crippen LogP) is 1.75. The summed E-state index contributed by atoms with van der Waals surface area (Å²) < 4.78 is 0. The van der Waals surface area contributed by atoms with Gasteiger partial charge in [-0.3, -0.25) is 0 Å². The van der Waals surface area contributed by atoms with Gasteiger partial charge in [-0.25, -0.2) is 0 Å². The first-order chi connectivity index (χ1) is 6.77. The summed E-state index contributed by atoms with van der Waals surface area (Å²) in [6, 6.07) is 5.42. The molecule has 1 aromatic rings. The summed E-state index contributed by atoms with van der Waals surface area (Å²) in [5.41, 5.74) is 1.90. The molecule has 1 aromatic carbocycles. The van der Waals surface area contributed by atoms with E-state index in [0.29, 0.717) is 12.3 Å². The molecule has 3 nitrogen and oxygen atoms in total. The van der Waals surface area contributed by atoms with Gasteiger partial charge in [-0.05, 0) is 30.2 Å². The van der Waals surface area contributed by atoms with Gasteiger partial charge in [-0.2, -0.15) is 0 Å². The average molecular weight is 195 g/mol. The average Bonchev–Trinajstić information content (AvgIpc) is 2.19. The molecule has 1 rings (SSSR count). The highest BCUT2D eigenvalue weighted by Gasteiger charge is 2.01. The van der Waals surface area contributed by atoms with E-state index < -0.39 is 0 Å². The maximum atomic E-state index is 9.51. The number of rotatable bonds is 5. The third kappa shape index (κ3) is 2.92. The zero-order valence-electron chi connectivity index (χ0n) is 8.45. The number of nitrogens with one attached hydrogen (secondary N) is 1. The molecular formula is C11H17NO2. The molecule has 0 bridgehead atoms. The Labute approximate surface area is 84.4 Å². The van der Waals surface area contributed by atoms with Gasteiger partial charge in [0, 0.05) is 12.2 Å². The normalized spacial score (nSPS) is 10.1. The summed E-state index contributed by atoms with van der Waals surface area (Å²) >= 11 is 0. The molecule has 0 aromatic heterocycles. The molecule has 0 heterocycles. The highest BCUT2D eigenvalue weighted by Crippen LogP contribution is 2.22. The van der Waals surface area contributed by atoms with Crippen LogP contribution in [0.5, 0.6) is 5.75 Å². The standard InChI is InChI=1S/C11H17NO2/c1-2-3-9-8-10(12-6-7-13)4-5-11(9)14/h4-5,8,12-14H,2-3,6-7H2,1H3. The van der Waals surface area contributed by atoms with Crippen molar-refractivity contribution in [2.75, 3.05) is 18.5 Å². The van der Waals surface area contributed by atoms with Crippen molar-refractivity contribution >= 4 is 5.69 Å². The van der Waals surface area contributed by atoms with Crippen molar-refractivity contribution in [3.63, 3.8) is 0 Å². The number of anilines is 1. The molecular weight excluding hydrogens is 178 g/mol. The highest BCUT2D eigenvalue weighted by molar-refractivity contribution is 5.50. The van der Waals surface area contributed by atoms with Crippen LogP contribution in [-0.2, 0) is 6.42 Å². The van der Waals surface area contributed by atoms with Crippen LogP contribution in [0.25, 0.3) is 0 Å². The first-order valence-electron chi connectivity index (χ1n) is 4.94. The van der Waals surface area contributed by atoms with Gasteiger partial charge >= 0.3 is 0 Å². The van der Waals surface area contributed by atoms with Gasteiger partial charge in [-0.1, -0.05) is 13.3 Å². The number of benzene rings is 1. The maximum Gasteiger partial charge on any atom is 0.118 e. The summed E-state index contributed by atoms with van der Waals surface area (Å²) in [6.45, 7) is 2.73. The summed E-state index contributed by atoms with van der Waals surface area (Å²) in [5, 5.41) is 21.2. The quantitative estimate of drug-likeness (QED) is 0.627. The van der Waals surface area contributed by atoms with E-state index in [-0.39, 0.29) is 6.61 Å². The van der Waals surface area contributed by atoms with E-state index in [9.17, 15) is 5.11 Å². The van der Waals surface area contributed by atoms with Crippen molar-refractivity contribution in [3.05, 3.63) is 23.8 Å². The smallest absolute Gasteiger partial charge is 0.118 e. The van der Waals surface area contributed by atoms with Crippen LogP contribution < -0.4 is 5.32 Å². The van der Waals surface area contributed by atoms with Crippen LogP contribution in [0.2, 0.25) is 0 Å². The van der Waals surface area contributed by atoms with Crippen LogP contribution in [0.15, 0.2) is 18.2 Å². The Bertz CT molecular complexity index is 287. The Morgan fingerprint density at radius 3 is 2.79 bits per heavy atom. The van der Waals surface area contributed by atoms with Crippen LogP contribution in [-0.4, -0.2) is 23.4 Å². The van der Waals surface area contributed by atoms with E-state index in [4.69, 9.17) is 5.11 Å². The Kier molecular flexibility index (Phi) is 4.26. The summed E-state index contributed by atoms with van der Waals surface area (Å²) in [6.07, 6.45) is 1.89. The molecule has 0 spiro atoms. The molecule has 0 radical (unpaired) electrons. The molecule has 0 fully saturated rings. The predicted molar refractivity (Wildman–Crippen MR) is 57.7 cm³/mol. The first-order valence-corrected chi connectivity index (χ1v) is 4.94. The van der Waals surface area contributed by atoms with Crippen molar-refractivity contribution in [2.45, 2.75) is 19.8 Å². The summed E-state index contributed by atoms with van der Waals surface area (Å²) in [5.74, 6) is 0.349. The van der Waals surface area contributed by atoms with E-state index in [1.807, 2.05) is 12.1 Å². The number of hydrogen-bond donors (Lipinski definition) is 3. The van der Waals surface area contributed by atoms with E-state index in [2.05, 4.69) is 12.2 Å².